The summed E-state index contributed by atoms with van der Waals surface area (Å²) in [4.78, 5) is 4.05. The van der Waals surface area contributed by atoms with Crippen LogP contribution in [0.1, 0.15) is 11.4 Å². The van der Waals surface area contributed by atoms with E-state index in [1.807, 2.05) is 19.9 Å². The molecule has 1 aromatic heterocycles. The van der Waals surface area contributed by atoms with Crippen molar-refractivity contribution < 1.29 is 5.11 Å². The number of benzene rings is 1. The van der Waals surface area contributed by atoms with Crippen LogP contribution in [-0.4, -0.2) is 19.9 Å². The Kier molecular flexibility index (Phi) is 1.96. The molecule has 4 heteroatoms. The minimum Gasteiger partial charge on any atom is -0.508 e. The topological polar surface area (TPSA) is 50.9 Å². The van der Waals surface area contributed by atoms with E-state index in [0.29, 0.717) is 0 Å². The average molecular weight is 189 g/mol. The molecule has 0 saturated carbocycles. The third-order valence-electron chi connectivity index (χ3n) is 2.03. The molecule has 14 heavy (non-hydrogen) atoms. The summed E-state index contributed by atoms with van der Waals surface area (Å²) in [6.07, 6.45) is 1.66. The molecule has 0 spiro atoms. The first-order chi connectivity index (χ1) is 6.66. The van der Waals surface area contributed by atoms with E-state index in [4.69, 9.17) is 0 Å². The van der Waals surface area contributed by atoms with Crippen LogP contribution in [0.3, 0.4) is 0 Å². The first-order valence-electron chi connectivity index (χ1n) is 4.35. The minimum atomic E-state index is 0.267. The smallest absolute Gasteiger partial charge is 0.147 e. The van der Waals surface area contributed by atoms with Crippen molar-refractivity contribution in [3.8, 4) is 11.4 Å². The van der Waals surface area contributed by atoms with Gasteiger partial charge in [-0.1, -0.05) is 0 Å². The summed E-state index contributed by atoms with van der Waals surface area (Å²) in [7, 11) is 0. The van der Waals surface area contributed by atoms with Crippen LogP contribution in [0.5, 0.6) is 5.75 Å². The maximum Gasteiger partial charge on any atom is 0.147 e. The Labute approximate surface area is 81.8 Å². The lowest BCUT2D eigenvalue weighted by Crippen LogP contribution is -1.97. The second kappa shape index (κ2) is 3.14. The second-order valence-corrected chi connectivity index (χ2v) is 3.21. The fourth-order valence-corrected chi connectivity index (χ4v) is 1.36. The zero-order valence-corrected chi connectivity index (χ0v) is 8.10. The minimum absolute atomic E-state index is 0.267. The molecule has 1 N–H and O–H groups in total. The van der Waals surface area contributed by atoms with E-state index in [-0.39, 0.29) is 5.75 Å². The number of phenols is 1. The summed E-state index contributed by atoms with van der Waals surface area (Å²) in [5.74, 6) is 1.00. The maximum atomic E-state index is 9.24. The summed E-state index contributed by atoms with van der Waals surface area (Å²) in [6.45, 7) is 3.76. The number of rotatable bonds is 1. The van der Waals surface area contributed by atoms with Gasteiger partial charge < -0.3 is 5.11 Å². The van der Waals surface area contributed by atoms with Crippen LogP contribution < -0.4 is 0 Å². The molecule has 4 nitrogen and oxygen atoms in total. The van der Waals surface area contributed by atoms with E-state index in [1.54, 1.807) is 23.1 Å². The molecule has 0 amide bonds. The fraction of sp³-hybridized carbons (Fsp3) is 0.200. The van der Waals surface area contributed by atoms with Gasteiger partial charge in [0.15, 0.2) is 0 Å². The molecule has 1 heterocycles. The molecule has 1 aromatic carbocycles. The highest BCUT2D eigenvalue weighted by atomic mass is 16.3. The molecule has 0 aliphatic carbocycles. The normalized spacial score (nSPS) is 10.4. The molecule has 72 valence electrons. The van der Waals surface area contributed by atoms with Crippen LogP contribution in [0.25, 0.3) is 5.69 Å². The Balaban J connectivity index is 2.52. The molecule has 2 rings (SSSR count). The summed E-state index contributed by atoms with van der Waals surface area (Å²) in [6, 6.07) is 5.16. The van der Waals surface area contributed by atoms with Crippen molar-refractivity contribution >= 4 is 0 Å². The Morgan fingerprint density at radius 3 is 2.64 bits per heavy atom. The van der Waals surface area contributed by atoms with E-state index in [0.717, 1.165) is 17.1 Å². The third-order valence-corrected chi connectivity index (χ3v) is 2.03. The van der Waals surface area contributed by atoms with Gasteiger partial charge in [-0.15, -0.1) is 0 Å². The third kappa shape index (κ3) is 1.46. The highest BCUT2D eigenvalue weighted by Crippen LogP contribution is 2.18. The standard InChI is InChI=1S/C10H11N3O/c1-7-5-9(14)3-4-10(7)13-6-11-8(2)12-13/h3-6,14H,1-2H3. The highest BCUT2D eigenvalue weighted by Gasteiger charge is 2.03. The maximum absolute atomic E-state index is 9.24. The molecule has 0 aliphatic rings. The number of aromatic hydroxyl groups is 1. The molecule has 0 aliphatic heterocycles. The van der Waals surface area contributed by atoms with Gasteiger partial charge in [0.2, 0.25) is 0 Å². The molecular formula is C10H11N3O. The van der Waals surface area contributed by atoms with E-state index < -0.39 is 0 Å². The van der Waals surface area contributed by atoms with Crippen molar-refractivity contribution in [1.29, 1.82) is 0 Å². The summed E-state index contributed by atoms with van der Waals surface area (Å²) in [5.41, 5.74) is 1.90. The number of hydrogen-bond acceptors (Lipinski definition) is 3. The zero-order chi connectivity index (χ0) is 10.1. The fourth-order valence-electron chi connectivity index (χ4n) is 1.36. The van der Waals surface area contributed by atoms with Gasteiger partial charge in [-0.3, -0.25) is 0 Å². The first-order valence-corrected chi connectivity index (χ1v) is 4.35. The number of hydrogen-bond donors (Lipinski definition) is 1. The van der Waals surface area contributed by atoms with Crippen molar-refractivity contribution in [2.45, 2.75) is 13.8 Å². The zero-order valence-electron chi connectivity index (χ0n) is 8.10. The predicted molar refractivity (Wildman–Crippen MR) is 52.5 cm³/mol. The van der Waals surface area contributed by atoms with E-state index in [9.17, 15) is 5.11 Å². The van der Waals surface area contributed by atoms with Crippen molar-refractivity contribution in [2.24, 2.45) is 0 Å². The van der Waals surface area contributed by atoms with E-state index in [2.05, 4.69) is 10.1 Å². The Hall–Kier alpha value is -1.84. The van der Waals surface area contributed by atoms with Crippen molar-refractivity contribution in [2.75, 3.05) is 0 Å². The van der Waals surface area contributed by atoms with Gasteiger partial charge >= 0.3 is 0 Å². The van der Waals surface area contributed by atoms with Gasteiger partial charge in [-0.25, -0.2) is 9.67 Å². The largest absolute Gasteiger partial charge is 0.508 e. The molecule has 0 unspecified atom stereocenters. The molecular weight excluding hydrogens is 178 g/mol. The van der Waals surface area contributed by atoms with Crippen molar-refractivity contribution in [1.82, 2.24) is 14.8 Å². The van der Waals surface area contributed by atoms with Crippen LogP contribution >= 0.6 is 0 Å². The van der Waals surface area contributed by atoms with E-state index >= 15 is 0 Å². The van der Waals surface area contributed by atoms with Gasteiger partial charge in [0.05, 0.1) is 5.69 Å². The van der Waals surface area contributed by atoms with Gasteiger partial charge in [0.25, 0.3) is 0 Å². The second-order valence-electron chi connectivity index (χ2n) is 3.21. The Morgan fingerprint density at radius 1 is 1.29 bits per heavy atom. The first kappa shape index (κ1) is 8.74. The lowest BCUT2D eigenvalue weighted by atomic mass is 10.2. The monoisotopic (exact) mass is 189 g/mol. The van der Waals surface area contributed by atoms with Crippen LogP contribution in [0.15, 0.2) is 24.5 Å². The Bertz CT molecular complexity index is 462. The van der Waals surface area contributed by atoms with Gasteiger partial charge in [-0.2, -0.15) is 5.10 Å². The van der Waals surface area contributed by atoms with Crippen molar-refractivity contribution in [3.05, 3.63) is 35.9 Å². The number of aromatic nitrogens is 3. The molecule has 0 atom stereocenters. The van der Waals surface area contributed by atoms with E-state index in [1.165, 1.54) is 0 Å². The molecule has 0 radical (unpaired) electrons. The summed E-state index contributed by atoms with van der Waals surface area (Å²) in [5, 5.41) is 13.4. The van der Waals surface area contributed by atoms with Crippen LogP contribution in [-0.2, 0) is 0 Å². The number of phenolic OH excluding ortho intramolecular Hbond substituents is 1. The molecule has 2 aromatic rings. The summed E-state index contributed by atoms with van der Waals surface area (Å²) >= 11 is 0. The number of nitrogens with zero attached hydrogens (tertiary/aromatic N) is 3. The highest BCUT2D eigenvalue weighted by molar-refractivity contribution is 5.43. The predicted octanol–water partition coefficient (Wildman–Crippen LogP) is 1.59. The van der Waals surface area contributed by atoms with Crippen molar-refractivity contribution in [3.63, 3.8) is 0 Å². The SMILES string of the molecule is Cc1ncn(-c2ccc(O)cc2C)n1. The number of aryl methyl sites for hydroxylation is 2. The van der Waals surface area contributed by atoms with Gasteiger partial charge in [0, 0.05) is 0 Å². The lowest BCUT2D eigenvalue weighted by Gasteiger charge is -2.04. The molecule has 0 bridgehead atoms. The quantitative estimate of drug-likeness (QED) is 0.741. The van der Waals surface area contributed by atoms with Crippen LogP contribution in [0.2, 0.25) is 0 Å². The van der Waals surface area contributed by atoms with Crippen LogP contribution in [0, 0.1) is 13.8 Å². The van der Waals surface area contributed by atoms with Gasteiger partial charge in [0.1, 0.15) is 17.9 Å². The Morgan fingerprint density at radius 2 is 2.07 bits per heavy atom. The molecule has 0 saturated heterocycles. The van der Waals surface area contributed by atoms with Gasteiger partial charge in [-0.05, 0) is 37.6 Å². The lowest BCUT2D eigenvalue weighted by molar-refractivity contribution is 0.474. The summed E-state index contributed by atoms with van der Waals surface area (Å²) < 4.78 is 1.70. The van der Waals surface area contributed by atoms with Crippen LogP contribution in [0.4, 0.5) is 0 Å². The molecule has 0 fully saturated rings. The average Bonchev–Trinajstić information content (AvgIpc) is 2.51.